The van der Waals surface area contributed by atoms with Gasteiger partial charge >= 0.3 is 0 Å². The topological polar surface area (TPSA) is 39.1 Å². The van der Waals surface area contributed by atoms with Gasteiger partial charge in [-0.25, -0.2) is 4.98 Å². The summed E-state index contributed by atoms with van der Waals surface area (Å²) in [5.41, 5.74) is 2.65. The van der Waals surface area contributed by atoms with E-state index in [1.54, 1.807) is 0 Å². The maximum absolute atomic E-state index is 5.53. The van der Waals surface area contributed by atoms with E-state index < -0.39 is 0 Å². The average molecular weight is 207 g/mol. The molecule has 3 heterocycles. The summed E-state index contributed by atoms with van der Waals surface area (Å²) in [6.07, 6.45) is 5.51. The minimum atomic E-state index is 0.521. The highest BCUT2D eigenvalue weighted by atomic mass is 16.5. The smallest absolute Gasteiger partial charge is 0.0955 e. The lowest BCUT2D eigenvalue weighted by atomic mass is 10.1. The van der Waals surface area contributed by atoms with Crippen LogP contribution in [-0.4, -0.2) is 29.3 Å². The van der Waals surface area contributed by atoms with Crippen LogP contribution < -0.4 is 5.32 Å². The summed E-state index contributed by atoms with van der Waals surface area (Å²) in [5.74, 6) is 0. The van der Waals surface area contributed by atoms with Crippen LogP contribution in [0, 0.1) is 0 Å². The molecule has 0 amide bonds. The van der Waals surface area contributed by atoms with Gasteiger partial charge in [0.2, 0.25) is 0 Å². The van der Waals surface area contributed by atoms with Crippen molar-refractivity contribution in [1.29, 1.82) is 0 Å². The highest BCUT2D eigenvalue weighted by Crippen LogP contribution is 2.23. The molecule has 1 saturated heterocycles. The molecule has 1 aromatic heterocycles. The van der Waals surface area contributed by atoms with Crippen LogP contribution in [0.1, 0.15) is 30.3 Å². The van der Waals surface area contributed by atoms with Gasteiger partial charge in [-0.1, -0.05) is 0 Å². The Hall–Kier alpha value is -0.870. The van der Waals surface area contributed by atoms with Gasteiger partial charge in [-0.15, -0.1) is 0 Å². The molecule has 0 radical (unpaired) electrons. The van der Waals surface area contributed by atoms with Crippen molar-refractivity contribution in [2.24, 2.45) is 0 Å². The standard InChI is InChI=1S/C11H17N3O/c1-2-9(7-15-5-1)14-8-13-10-6-12-4-3-11(10)14/h8-9,12H,1-7H2. The Kier molecular flexibility index (Phi) is 2.46. The fourth-order valence-corrected chi connectivity index (χ4v) is 2.52. The molecule has 4 heteroatoms. The number of hydrogen-bond acceptors (Lipinski definition) is 3. The third kappa shape index (κ3) is 1.68. The molecular weight excluding hydrogens is 190 g/mol. The first kappa shape index (κ1) is 9.36. The monoisotopic (exact) mass is 207 g/mol. The SMILES string of the molecule is c1nc2c(n1C1CCCOC1)CCNC2. The first-order valence-electron chi connectivity index (χ1n) is 5.78. The lowest BCUT2D eigenvalue weighted by Crippen LogP contribution is -2.28. The van der Waals surface area contributed by atoms with Gasteiger partial charge in [-0.05, 0) is 12.8 Å². The van der Waals surface area contributed by atoms with E-state index in [9.17, 15) is 0 Å². The second-order valence-corrected chi connectivity index (χ2v) is 4.34. The van der Waals surface area contributed by atoms with Gasteiger partial charge in [0.25, 0.3) is 0 Å². The Labute approximate surface area is 89.6 Å². The molecule has 1 aromatic rings. The fourth-order valence-electron chi connectivity index (χ4n) is 2.52. The number of nitrogens with one attached hydrogen (secondary N) is 1. The normalized spacial score (nSPS) is 26.3. The lowest BCUT2D eigenvalue weighted by Gasteiger charge is -2.26. The number of aromatic nitrogens is 2. The molecule has 1 N–H and O–H groups in total. The molecule has 0 saturated carbocycles. The summed E-state index contributed by atoms with van der Waals surface area (Å²) in [6.45, 7) is 3.79. The van der Waals surface area contributed by atoms with Gasteiger partial charge in [0.05, 0.1) is 24.7 Å². The minimum absolute atomic E-state index is 0.521. The van der Waals surface area contributed by atoms with E-state index in [1.807, 2.05) is 6.33 Å². The number of ether oxygens (including phenoxy) is 1. The molecule has 0 aromatic carbocycles. The van der Waals surface area contributed by atoms with E-state index in [4.69, 9.17) is 4.74 Å². The fraction of sp³-hybridized carbons (Fsp3) is 0.727. The van der Waals surface area contributed by atoms with E-state index in [0.29, 0.717) is 6.04 Å². The predicted octanol–water partition coefficient (Wildman–Crippen LogP) is 0.880. The maximum atomic E-state index is 5.53. The number of hydrogen-bond donors (Lipinski definition) is 1. The first-order chi connectivity index (χ1) is 7.45. The van der Waals surface area contributed by atoms with Gasteiger partial charge in [-0.2, -0.15) is 0 Å². The van der Waals surface area contributed by atoms with Crippen molar-refractivity contribution in [3.05, 3.63) is 17.7 Å². The summed E-state index contributed by atoms with van der Waals surface area (Å²) in [6, 6.07) is 0.521. The summed E-state index contributed by atoms with van der Waals surface area (Å²) in [7, 11) is 0. The summed E-state index contributed by atoms with van der Waals surface area (Å²) in [5, 5.41) is 3.35. The molecule has 0 aliphatic carbocycles. The van der Waals surface area contributed by atoms with Crippen LogP contribution in [0.3, 0.4) is 0 Å². The largest absolute Gasteiger partial charge is 0.379 e. The second kappa shape index (κ2) is 3.94. The third-order valence-corrected chi connectivity index (χ3v) is 3.34. The molecule has 3 rings (SSSR count). The highest BCUT2D eigenvalue weighted by molar-refractivity contribution is 5.17. The highest BCUT2D eigenvalue weighted by Gasteiger charge is 2.22. The maximum Gasteiger partial charge on any atom is 0.0955 e. The summed E-state index contributed by atoms with van der Waals surface area (Å²) < 4.78 is 7.88. The molecule has 1 unspecified atom stereocenters. The van der Waals surface area contributed by atoms with Crippen LogP contribution in [0.4, 0.5) is 0 Å². The van der Waals surface area contributed by atoms with Gasteiger partial charge in [0.15, 0.2) is 0 Å². The third-order valence-electron chi connectivity index (χ3n) is 3.34. The Morgan fingerprint density at radius 1 is 1.53 bits per heavy atom. The Morgan fingerprint density at radius 3 is 3.40 bits per heavy atom. The summed E-state index contributed by atoms with van der Waals surface area (Å²) in [4.78, 5) is 4.48. The molecule has 0 bridgehead atoms. The van der Waals surface area contributed by atoms with Crippen LogP contribution in [0.2, 0.25) is 0 Å². The van der Waals surface area contributed by atoms with Crippen molar-refractivity contribution in [1.82, 2.24) is 14.9 Å². The quantitative estimate of drug-likeness (QED) is 0.743. The average Bonchev–Trinajstić information content (AvgIpc) is 2.74. The van der Waals surface area contributed by atoms with E-state index in [-0.39, 0.29) is 0 Å². The molecule has 2 aliphatic heterocycles. The number of fused-ring (bicyclic) bond motifs is 1. The molecule has 15 heavy (non-hydrogen) atoms. The van der Waals surface area contributed by atoms with Gasteiger partial charge in [0, 0.05) is 31.8 Å². The van der Waals surface area contributed by atoms with E-state index in [2.05, 4.69) is 14.9 Å². The van der Waals surface area contributed by atoms with Crippen LogP contribution in [-0.2, 0) is 17.7 Å². The molecular formula is C11H17N3O. The Bertz CT molecular complexity index is 342. The number of rotatable bonds is 1. The van der Waals surface area contributed by atoms with Crippen LogP contribution in [0.25, 0.3) is 0 Å². The molecule has 1 atom stereocenters. The van der Waals surface area contributed by atoms with Gasteiger partial charge < -0.3 is 14.6 Å². The van der Waals surface area contributed by atoms with E-state index in [1.165, 1.54) is 24.2 Å². The molecule has 1 fully saturated rings. The zero-order chi connectivity index (χ0) is 10.1. The molecule has 82 valence electrons. The second-order valence-electron chi connectivity index (χ2n) is 4.34. The Balaban J connectivity index is 1.87. The van der Waals surface area contributed by atoms with Crippen molar-refractivity contribution in [3.8, 4) is 0 Å². The van der Waals surface area contributed by atoms with Crippen molar-refractivity contribution in [3.63, 3.8) is 0 Å². The first-order valence-corrected chi connectivity index (χ1v) is 5.78. The van der Waals surface area contributed by atoms with Crippen LogP contribution >= 0.6 is 0 Å². The van der Waals surface area contributed by atoms with Crippen molar-refractivity contribution in [2.45, 2.75) is 31.8 Å². The molecule has 0 spiro atoms. The predicted molar refractivity (Wildman–Crippen MR) is 56.7 cm³/mol. The zero-order valence-electron chi connectivity index (χ0n) is 8.91. The minimum Gasteiger partial charge on any atom is -0.379 e. The van der Waals surface area contributed by atoms with Gasteiger partial charge in [0.1, 0.15) is 0 Å². The van der Waals surface area contributed by atoms with Crippen molar-refractivity contribution < 1.29 is 4.74 Å². The van der Waals surface area contributed by atoms with Crippen LogP contribution in [0.15, 0.2) is 6.33 Å². The van der Waals surface area contributed by atoms with E-state index in [0.717, 1.165) is 32.7 Å². The number of imidazole rings is 1. The van der Waals surface area contributed by atoms with E-state index >= 15 is 0 Å². The van der Waals surface area contributed by atoms with Gasteiger partial charge in [-0.3, -0.25) is 0 Å². The lowest BCUT2D eigenvalue weighted by molar-refractivity contribution is 0.0581. The molecule has 4 nitrogen and oxygen atoms in total. The molecule has 2 aliphatic rings. The summed E-state index contributed by atoms with van der Waals surface area (Å²) >= 11 is 0. The zero-order valence-corrected chi connectivity index (χ0v) is 8.91. The van der Waals surface area contributed by atoms with Crippen molar-refractivity contribution >= 4 is 0 Å². The Morgan fingerprint density at radius 2 is 2.53 bits per heavy atom. The van der Waals surface area contributed by atoms with Crippen molar-refractivity contribution in [2.75, 3.05) is 19.8 Å². The number of nitrogens with zero attached hydrogens (tertiary/aromatic N) is 2. The van der Waals surface area contributed by atoms with Crippen LogP contribution in [0.5, 0.6) is 0 Å².